The van der Waals surface area contributed by atoms with E-state index in [-0.39, 0.29) is 6.04 Å². The van der Waals surface area contributed by atoms with Crippen molar-refractivity contribution in [2.75, 3.05) is 20.1 Å². The molecule has 1 aromatic rings. The summed E-state index contributed by atoms with van der Waals surface area (Å²) < 4.78 is 27.2. The first-order valence-electron chi connectivity index (χ1n) is 8.50. The second-order valence-electron chi connectivity index (χ2n) is 6.89. The number of hydrogen-bond acceptors (Lipinski definition) is 3. The maximum atomic E-state index is 12.9. The topological polar surface area (TPSA) is 40.6 Å². The summed E-state index contributed by atoms with van der Waals surface area (Å²) in [4.78, 5) is 2.80. The van der Waals surface area contributed by atoms with Gasteiger partial charge >= 0.3 is 0 Å². The van der Waals surface area contributed by atoms with Crippen LogP contribution in [0.2, 0.25) is 0 Å². The molecule has 0 saturated carbocycles. The minimum absolute atomic E-state index is 0.0764. The molecule has 2 aliphatic rings. The number of nitrogens with zero attached hydrogens (tertiary/aromatic N) is 2. The van der Waals surface area contributed by atoms with Crippen LogP contribution >= 0.6 is 0 Å². The molecule has 0 spiro atoms. The fraction of sp³-hybridized carbons (Fsp3) is 0.474. The Kier molecular flexibility index (Phi) is 4.95. The third-order valence-electron chi connectivity index (χ3n) is 5.11. The molecule has 1 aromatic carbocycles. The second kappa shape index (κ2) is 6.82. The van der Waals surface area contributed by atoms with Crippen LogP contribution in [0.4, 0.5) is 0 Å². The molecule has 1 aliphatic heterocycles. The zero-order valence-electron chi connectivity index (χ0n) is 14.6. The number of sulfonamides is 1. The summed E-state index contributed by atoms with van der Waals surface area (Å²) >= 11 is 0. The lowest BCUT2D eigenvalue weighted by atomic mass is 10.1. The predicted molar refractivity (Wildman–Crippen MR) is 97.4 cm³/mol. The number of hydrogen-bond donors (Lipinski definition) is 0. The molecule has 4 nitrogen and oxygen atoms in total. The van der Waals surface area contributed by atoms with Crippen LogP contribution in [-0.4, -0.2) is 49.8 Å². The predicted octanol–water partition coefficient (Wildman–Crippen LogP) is 2.96. The maximum Gasteiger partial charge on any atom is 0.243 e. The van der Waals surface area contributed by atoms with E-state index in [4.69, 9.17) is 0 Å². The van der Waals surface area contributed by atoms with E-state index in [1.807, 2.05) is 19.1 Å². The lowest BCUT2D eigenvalue weighted by Crippen LogP contribution is -2.40. The molecule has 0 aromatic heterocycles. The van der Waals surface area contributed by atoms with Gasteiger partial charge in [0, 0.05) is 32.2 Å². The van der Waals surface area contributed by atoms with E-state index in [0.29, 0.717) is 10.9 Å². The SMILES string of the molecule is CC1=CCN(C2C=C[C@@H](N(C)S(=O)(=O)c3cccc(C)c3)C2)CC1. The van der Waals surface area contributed by atoms with Crippen LogP contribution in [0.1, 0.15) is 25.3 Å². The molecule has 130 valence electrons. The highest BCUT2D eigenvalue weighted by molar-refractivity contribution is 7.89. The summed E-state index contributed by atoms with van der Waals surface area (Å²) in [6.07, 6.45) is 8.42. The van der Waals surface area contributed by atoms with Crippen LogP contribution in [0.5, 0.6) is 0 Å². The highest BCUT2D eigenvalue weighted by atomic mass is 32.2. The number of aryl methyl sites for hydroxylation is 1. The second-order valence-corrected chi connectivity index (χ2v) is 8.89. The highest BCUT2D eigenvalue weighted by Crippen LogP contribution is 2.27. The van der Waals surface area contributed by atoms with Gasteiger partial charge in [-0.3, -0.25) is 4.90 Å². The van der Waals surface area contributed by atoms with E-state index in [1.54, 1.807) is 25.2 Å². The summed E-state index contributed by atoms with van der Waals surface area (Å²) in [6, 6.07) is 7.37. The Labute approximate surface area is 145 Å². The smallest absolute Gasteiger partial charge is 0.243 e. The summed E-state index contributed by atoms with van der Waals surface area (Å²) in [7, 11) is -1.77. The first-order valence-corrected chi connectivity index (χ1v) is 9.94. The molecule has 3 rings (SSSR count). The van der Waals surface area contributed by atoms with Gasteiger partial charge in [-0.1, -0.05) is 35.9 Å². The van der Waals surface area contributed by atoms with Crippen molar-refractivity contribution in [3.05, 3.63) is 53.6 Å². The Morgan fingerprint density at radius 1 is 1.21 bits per heavy atom. The van der Waals surface area contributed by atoms with Gasteiger partial charge in [0.1, 0.15) is 0 Å². The minimum atomic E-state index is -3.46. The quantitative estimate of drug-likeness (QED) is 0.787. The molecule has 0 fully saturated rings. The van der Waals surface area contributed by atoms with Crippen LogP contribution in [-0.2, 0) is 10.0 Å². The van der Waals surface area contributed by atoms with Crippen molar-refractivity contribution < 1.29 is 8.42 Å². The fourth-order valence-electron chi connectivity index (χ4n) is 3.41. The molecule has 24 heavy (non-hydrogen) atoms. The van der Waals surface area contributed by atoms with Gasteiger partial charge in [-0.25, -0.2) is 8.42 Å². The van der Waals surface area contributed by atoms with E-state index in [9.17, 15) is 8.42 Å². The van der Waals surface area contributed by atoms with Crippen LogP contribution < -0.4 is 0 Å². The van der Waals surface area contributed by atoms with Crippen molar-refractivity contribution in [2.24, 2.45) is 0 Å². The Hall–Kier alpha value is -1.43. The number of likely N-dealkylation sites (N-methyl/N-ethyl adjacent to an activating group) is 1. The monoisotopic (exact) mass is 346 g/mol. The molecule has 0 bridgehead atoms. The van der Waals surface area contributed by atoms with E-state index in [0.717, 1.165) is 31.5 Å². The number of benzene rings is 1. The number of rotatable bonds is 4. The Balaban J connectivity index is 1.70. The molecule has 1 aliphatic carbocycles. The first-order chi connectivity index (χ1) is 11.4. The molecule has 5 heteroatoms. The molecule has 1 unspecified atom stereocenters. The van der Waals surface area contributed by atoms with E-state index < -0.39 is 10.0 Å². The van der Waals surface area contributed by atoms with Crippen molar-refractivity contribution in [1.29, 1.82) is 0 Å². The van der Waals surface area contributed by atoms with Crippen molar-refractivity contribution in [3.63, 3.8) is 0 Å². The summed E-state index contributed by atoms with van der Waals surface area (Å²) in [6.45, 7) is 6.10. The Morgan fingerprint density at radius 2 is 2.00 bits per heavy atom. The average Bonchev–Trinajstić information content (AvgIpc) is 3.04. The molecule has 0 N–H and O–H groups in total. The fourth-order valence-corrected chi connectivity index (χ4v) is 4.84. The average molecular weight is 346 g/mol. The lowest BCUT2D eigenvalue weighted by molar-refractivity contribution is 0.228. The third-order valence-corrected chi connectivity index (χ3v) is 6.99. The zero-order valence-corrected chi connectivity index (χ0v) is 15.5. The molecule has 2 atom stereocenters. The van der Waals surface area contributed by atoms with Crippen molar-refractivity contribution in [2.45, 2.75) is 43.7 Å². The van der Waals surface area contributed by atoms with Crippen LogP contribution in [0.3, 0.4) is 0 Å². The Bertz CT molecular complexity index is 767. The zero-order chi connectivity index (χ0) is 17.3. The molecular weight excluding hydrogens is 320 g/mol. The summed E-state index contributed by atoms with van der Waals surface area (Å²) in [5, 5.41) is 0. The van der Waals surface area contributed by atoms with Gasteiger partial charge < -0.3 is 0 Å². The van der Waals surface area contributed by atoms with Crippen molar-refractivity contribution in [3.8, 4) is 0 Å². The largest absolute Gasteiger partial charge is 0.293 e. The molecule has 0 saturated heterocycles. The Morgan fingerprint density at radius 3 is 2.67 bits per heavy atom. The molecule has 0 amide bonds. The van der Waals surface area contributed by atoms with Gasteiger partial charge in [-0.2, -0.15) is 4.31 Å². The van der Waals surface area contributed by atoms with Crippen LogP contribution in [0, 0.1) is 6.92 Å². The van der Waals surface area contributed by atoms with Gasteiger partial charge in [0.05, 0.1) is 4.90 Å². The summed E-state index contributed by atoms with van der Waals surface area (Å²) in [5.74, 6) is 0. The minimum Gasteiger partial charge on any atom is -0.293 e. The van der Waals surface area contributed by atoms with Crippen LogP contribution in [0.15, 0.2) is 53.0 Å². The standard InChI is InChI=1S/C19H26N2O2S/c1-15-9-11-21(12-10-15)18-8-7-17(14-18)20(3)24(22,23)19-6-4-5-16(2)13-19/h4-9,13,17-18H,10-12,14H2,1-3H3/t17-,18?/m1/s1. The molecule has 1 heterocycles. The van der Waals surface area contributed by atoms with Crippen molar-refractivity contribution >= 4 is 10.0 Å². The van der Waals surface area contributed by atoms with Gasteiger partial charge in [-0.15, -0.1) is 0 Å². The van der Waals surface area contributed by atoms with Gasteiger partial charge in [-0.05, 0) is 44.4 Å². The van der Waals surface area contributed by atoms with E-state index in [1.165, 1.54) is 9.88 Å². The van der Waals surface area contributed by atoms with Gasteiger partial charge in [0.25, 0.3) is 0 Å². The maximum absolute atomic E-state index is 12.9. The lowest BCUT2D eigenvalue weighted by Gasteiger charge is -2.32. The normalized spacial score (nSPS) is 25.2. The highest BCUT2D eigenvalue weighted by Gasteiger charge is 2.33. The van der Waals surface area contributed by atoms with E-state index >= 15 is 0 Å². The van der Waals surface area contributed by atoms with Gasteiger partial charge in [0.2, 0.25) is 10.0 Å². The molecular formula is C19H26N2O2S. The van der Waals surface area contributed by atoms with Crippen molar-refractivity contribution in [1.82, 2.24) is 9.21 Å². The van der Waals surface area contributed by atoms with Crippen LogP contribution in [0.25, 0.3) is 0 Å². The van der Waals surface area contributed by atoms with Gasteiger partial charge in [0.15, 0.2) is 0 Å². The van der Waals surface area contributed by atoms with E-state index in [2.05, 4.69) is 24.0 Å². The first kappa shape index (κ1) is 17.4. The summed E-state index contributed by atoms with van der Waals surface area (Å²) in [5.41, 5.74) is 2.41. The third kappa shape index (κ3) is 3.48. The molecule has 0 radical (unpaired) electrons.